The summed E-state index contributed by atoms with van der Waals surface area (Å²) in [6.07, 6.45) is 1.81. The van der Waals surface area contributed by atoms with Gasteiger partial charge in [0.25, 0.3) is 0 Å². The van der Waals surface area contributed by atoms with E-state index in [1.54, 1.807) is 4.90 Å². The Morgan fingerprint density at radius 2 is 2.15 bits per heavy atom. The number of amides is 1. The summed E-state index contributed by atoms with van der Waals surface area (Å²) in [5.74, 6) is 0.710. The number of carbonyl (C=O) groups is 1. The second-order valence-corrected chi connectivity index (χ2v) is 3.51. The van der Waals surface area contributed by atoms with Crippen LogP contribution in [0, 0.1) is 5.92 Å². The van der Waals surface area contributed by atoms with Crippen molar-refractivity contribution in [3.63, 3.8) is 0 Å². The Hall–Kier alpha value is -0.770. The number of nitrogens with zero attached hydrogens (tertiary/aromatic N) is 1. The molecule has 0 unspecified atom stereocenters. The average molecular weight is 187 g/mol. The highest BCUT2D eigenvalue weighted by atomic mass is 16.6. The molecular weight excluding hydrogens is 170 g/mol. The van der Waals surface area contributed by atoms with E-state index in [4.69, 9.17) is 9.84 Å². The molecule has 0 aromatic rings. The number of aliphatic hydroxyl groups excluding tert-OH is 1. The molecule has 4 nitrogen and oxygen atoms in total. The first-order chi connectivity index (χ1) is 6.24. The number of piperidine rings is 1. The number of ether oxygens (including phenoxy) is 1. The van der Waals surface area contributed by atoms with Crippen molar-refractivity contribution in [2.24, 2.45) is 5.92 Å². The predicted octanol–water partition coefficient (Wildman–Crippen LogP) is 0.847. The molecule has 1 amide bonds. The molecule has 13 heavy (non-hydrogen) atoms. The summed E-state index contributed by atoms with van der Waals surface area (Å²) in [4.78, 5) is 13.0. The largest absolute Gasteiger partial charge is 0.447 e. The van der Waals surface area contributed by atoms with Crippen LogP contribution in [0.15, 0.2) is 0 Å². The minimum Gasteiger partial charge on any atom is -0.447 e. The minimum absolute atomic E-state index is 0.101. The van der Waals surface area contributed by atoms with Crippen molar-refractivity contribution in [1.82, 2.24) is 4.90 Å². The molecule has 1 aliphatic heterocycles. The molecule has 1 heterocycles. The first-order valence-corrected chi connectivity index (χ1v) is 4.76. The van der Waals surface area contributed by atoms with Gasteiger partial charge in [-0.2, -0.15) is 0 Å². The molecule has 0 radical (unpaired) electrons. The van der Waals surface area contributed by atoms with Crippen molar-refractivity contribution in [2.75, 3.05) is 26.3 Å². The van der Waals surface area contributed by atoms with Gasteiger partial charge in [0, 0.05) is 13.1 Å². The number of carbonyl (C=O) groups excluding carboxylic acids is 1. The van der Waals surface area contributed by atoms with E-state index in [1.165, 1.54) is 0 Å². The molecule has 0 bridgehead atoms. The van der Waals surface area contributed by atoms with Gasteiger partial charge in [-0.15, -0.1) is 0 Å². The van der Waals surface area contributed by atoms with Crippen LogP contribution >= 0.6 is 0 Å². The first-order valence-electron chi connectivity index (χ1n) is 4.76. The zero-order chi connectivity index (χ0) is 9.68. The third-order valence-corrected chi connectivity index (χ3v) is 2.36. The number of hydrogen-bond acceptors (Lipinski definition) is 3. The number of aliphatic hydroxyl groups is 1. The van der Waals surface area contributed by atoms with Gasteiger partial charge < -0.3 is 14.7 Å². The standard InChI is InChI=1S/C9H17NO3/c1-8-2-4-10(5-3-8)9(12)13-7-6-11/h8,11H,2-7H2,1H3. The number of hydrogen-bond donors (Lipinski definition) is 1. The van der Waals surface area contributed by atoms with Gasteiger partial charge in [-0.25, -0.2) is 4.79 Å². The SMILES string of the molecule is CC1CCN(C(=O)OCCO)CC1. The van der Waals surface area contributed by atoms with E-state index in [0.717, 1.165) is 25.9 Å². The fourth-order valence-corrected chi connectivity index (χ4v) is 1.42. The fourth-order valence-electron chi connectivity index (χ4n) is 1.42. The summed E-state index contributed by atoms with van der Waals surface area (Å²) in [6, 6.07) is 0. The highest BCUT2D eigenvalue weighted by Crippen LogP contribution is 2.16. The van der Waals surface area contributed by atoms with Gasteiger partial charge >= 0.3 is 6.09 Å². The second kappa shape index (κ2) is 5.07. The second-order valence-electron chi connectivity index (χ2n) is 3.51. The van der Waals surface area contributed by atoms with Gasteiger partial charge in [-0.05, 0) is 18.8 Å². The lowest BCUT2D eigenvalue weighted by atomic mass is 10.00. The third-order valence-electron chi connectivity index (χ3n) is 2.36. The lowest BCUT2D eigenvalue weighted by molar-refractivity contribution is 0.0740. The van der Waals surface area contributed by atoms with E-state index in [1.807, 2.05) is 0 Å². The molecule has 0 saturated carbocycles. The lowest BCUT2D eigenvalue weighted by Crippen LogP contribution is -2.38. The summed E-state index contributed by atoms with van der Waals surface area (Å²) in [5.41, 5.74) is 0. The normalized spacial score (nSPS) is 18.8. The first kappa shape index (κ1) is 10.3. The molecular formula is C9H17NO3. The van der Waals surface area contributed by atoms with Gasteiger partial charge in [0.05, 0.1) is 6.61 Å². The van der Waals surface area contributed by atoms with E-state index in [2.05, 4.69) is 6.92 Å². The monoisotopic (exact) mass is 187 g/mol. The zero-order valence-electron chi connectivity index (χ0n) is 8.03. The molecule has 0 atom stereocenters. The molecule has 76 valence electrons. The van der Waals surface area contributed by atoms with Crippen molar-refractivity contribution >= 4 is 6.09 Å². The van der Waals surface area contributed by atoms with Crippen molar-refractivity contribution in [1.29, 1.82) is 0 Å². The molecule has 0 aromatic heterocycles. The van der Waals surface area contributed by atoms with Crippen molar-refractivity contribution in [3.05, 3.63) is 0 Å². The van der Waals surface area contributed by atoms with Gasteiger partial charge in [-0.1, -0.05) is 6.92 Å². The Labute approximate surface area is 78.5 Å². The molecule has 1 N–H and O–H groups in total. The molecule has 1 saturated heterocycles. The van der Waals surface area contributed by atoms with E-state index in [-0.39, 0.29) is 19.3 Å². The maximum Gasteiger partial charge on any atom is 0.409 e. The van der Waals surface area contributed by atoms with Crippen LogP contribution in [0.2, 0.25) is 0 Å². The smallest absolute Gasteiger partial charge is 0.409 e. The summed E-state index contributed by atoms with van der Waals surface area (Å²) in [6.45, 7) is 3.76. The average Bonchev–Trinajstić information content (AvgIpc) is 2.15. The van der Waals surface area contributed by atoms with Crippen LogP contribution in [0.5, 0.6) is 0 Å². The van der Waals surface area contributed by atoms with E-state index in [0.29, 0.717) is 5.92 Å². The molecule has 4 heteroatoms. The van der Waals surface area contributed by atoms with Gasteiger partial charge in [0.15, 0.2) is 0 Å². The van der Waals surface area contributed by atoms with Gasteiger partial charge in [-0.3, -0.25) is 0 Å². The number of rotatable bonds is 2. The number of likely N-dealkylation sites (tertiary alicyclic amines) is 1. The van der Waals surface area contributed by atoms with E-state index >= 15 is 0 Å². The van der Waals surface area contributed by atoms with Gasteiger partial charge in [0.2, 0.25) is 0 Å². The summed E-state index contributed by atoms with van der Waals surface area (Å²) < 4.78 is 4.80. The Bertz CT molecular complexity index is 164. The Morgan fingerprint density at radius 3 is 2.69 bits per heavy atom. The molecule has 0 aliphatic carbocycles. The molecule has 1 rings (SSSR count). The zero-order valence-corrected chi connectivity index (χ0v) is 8.03. The molecule has 1 fully saturated rings. The van der Waals surface area contributed by atoms with Gasteiger partial charge in [0.1, 0.15) is 6.61 Å². The van der Waals surface area contributed by atoms with Crippen LogP contribution in [0.3, 0.4) is 0 Å². The van der Waals surface area contributed by atoms with Crippen molar-refractivity contribution in [2.45, 2.75) is 19.8 Å². The van der Waals surface area contributed by atoms with E-state index < -0.39 is 0 Å². The minimum atomic E-state index is -0.291. The van der Waals surface area contributed by atoms with Crippen LogP contribution in [-0.2, 0) is 4.74 Å². The third kappa shape index (κ3) is 3.22. The lowest BCUT2D eigenvalue weighted by Gasteiger charge is -2.29. The fraction of sp³-hybridized carbons (Fsp3) is 0.889. The van der Waals surface area contributed by atoms with Crippen LogP contribution in [-0.4, -0.2) is 42.4 Å². The molecule has 1 aliphatic rings. The summed E-state index contributed by atoms with van der Waals surface area (Å²) in [7, 11) is 0. The van der Waals surface area contributed by atoms with Crippen LogP contribution in [0.25, 0.3) is 0 Å². The quantitative estimate of drug-likeness (QED) is 0.697. The van der Waals surface area contributed by atoms with Crippen LogP contribution in [0.1, 0.15) is 19.8 Å². The molecule has 0 aromatic carbocycles. The van der Waals surface area contributed by atoms with Crippen molar-refractivity contribution in [3.8, 4) is 0 Å². The van der Waals surface area contributed by atoms with Crippen LogP contribution < -0.4 is 0 Å². The maximum atomic E-state index is 11.3. The predicted molar refractivity (Wildman–Crippen MR) is 48.4 cm³/mol. The highest BCUT2D eigenvalue weighted by molar-refractivity contribution is 5.67. The van der Waals surface area contributed by atoms with Crippen LogP contribution in [0.4, 0.5) is 4.79 Å². The summed E-state index contributed by atoms with van der Waals surface area (Å²) in [5, 5.41) is 8.46. The Balaban J connectivity index is 2.23. The summed E-state index contributed by atoms with van der Waals surface area (Å²) >= 11 is 0. The Kier molecular flexibility index (Phi) is 4.02. The maximum absolute atomic E-state index is 11.3. The van der Waals surface area contributed by atoms with Crippen molar-refractivity contribution < 1.29 is 14.6 Å². The van der Waals surface area contributed by atoms with E-state index in [9.17, 15) is 4.79 Å². The Morgan fingerprint density at radius 1 is 1.54 bits per heavy atom. The highest BCUT2D eigenvalue weighted by Gasteiger charge is 2.20. The molecule has 0 spiro atoms. The topological polar surface area (TPSA) is 49.8 Å².